The number of carboxylic acids is 1. The average Bonchev–Trinajstić information content (AvgIpc) is 3.80. The summed E-state index contributed by atoms with van der Waals surface area (Å²) in [4.78, 5) is 36.0. The normalized spacial score (nSPS) is 17.9. The first-order valence-electron chi connectivity index (χ1n) is 14.5. The molecule has 3 aromatic carbocycles. The predicted molar refractivity (Wildman–Crippen MR) is 161 cm³/mol. The first kappa shape index (κ1) is 33.2. The van der Waals surface area contributed by atoms with Crippen LogP contribution in [0.25, 0.3) is 0 Å². The monoisotopic (exact) mass is 629 g/mol. The van der Waals surface area contributed by atoms with Crippen molar-refractivity contribution in [1.82, 2.24) is 15.5 Å². The molecule has 3 amide bonds. The maximum Gasteiger partial charge on any atom is 0.490 e. The minimum absolute atomic E-state index is 0.0589. The fourth-order valence-electron chi connectivity index (χ4n) is 5.03. The fraction of sp³-hybridized carbons (Fsp3) is 0.344. The van der Waals surface area contributed by atoms with Gasteiger partial charge in [0.2, 0.25) is 0 Å². The largest absolute Gasteiger partial charge is 0.490 e. The number of rotatable bonds is 8. The van der Waals surface area contributed by atoms with E-state index in [1.807, 2.05) is 41.3 Å². The second-order valence-corrected chi connectivity index (χ2v) is 11.0. The van der Waals surface area contributed by atoms with E-state index in [4.69, 9.17) is 15.6 Å². The second-order valence-electron chi connectivity index (χ2n) is 11.0. The van der Waals surface area contributed by atoms with E-state index in [0.29, 0.717) is 41.4 Å². The van der Waals surface area contributed by atoms with Crippen LogP contribution < -0.4 is 21.7 Å². The molecule has 9 nitrogen and oxygen atoms in total. The van der Waals surface area contributed by atoms with E-state index in [1.54, 1.807) is 24.3 Å². The van der Waals surface area contributed by atoms with E-state index < -0.39 is 12.1 Å². The molecule has 1 aliphatic carbocycles. The quantitative estimate of drug-likeness (QED) is 0.168. The lowest BCUT2D eigenvalue weighted by atomic mass is 9.97. The number of aliphatic carboxylic acids is 1. The Morgan fingerprint density at radius 3 is 2.16 bits per heavy atom. The van der Waals surface area contributed by atoms with Crippen LogP contribution in [0.2, 0.25) is 0 Å². The molecule has 45 heavy (non-hydrogen) atoms. The molecule has 2 atom stereocenters. The van der Waals surface area contributed by atoms with Crippen LogP contribution in [0, 0.1) is 11.7 Å². The summed E-state index contributed by atoms with van der Waals surface area (Å²) in [6.07, 6.45) is -2.03. The number of urea groups is 1. The zero-order chi connectivity index (χ0) is 32.6. The van der Waals surface area contributed by atoms with Crippen LogP contribution in [-0.4, -0.2) is 59.8 Å². The van der Waals surface area contributed by atoms with E-state index in [1.165, 1.54) is 17.7 Å². The molecule has 1 saturated heterocycles. The Morgan fingerprint density at radius 2 is 1.56 bits per heavy atom. The molecule has 6 N–H and O–H groups in total. The molecule has 13 heteroatoms. The van der Waals surface area contributed by atoms with Gasteiger partial charge in [-0.3, -0.25) is 4.79 Å². The number of amides is 3. The van der Waals surface area contributed by atoms with Crippen LogP contribution in [-0.2, 0) is 11.3 Å². The van der Waals surface area contributed by atoms with Gasteiger partial charge in [-0.2, -0.15) is 13.2 Å². The number of hydrogen-bond donors (Lipinski definition) is 5. The molecule has 240 valence electrons. The molecule has 3 aromatic rings. The Balaban J connectivity index is 0.000000591. The Labute approximate surface area is 257 Å². The van der Waals surface area contributed by atoms with Crippen molar-refractivity contribution in [2.45, 2.75) is 43.9 Å². The Hall–Kier alpha value is -4.65. The predicted octanol–water partition coefficient (Wildman–Crippen LogP) is 5.36. The van der Waals surface area contributed by atoms with E-state index in [0.717, 1.165) is 44.5 Å². The first-order valence-corrected chi connectivity index (χ1v) is 14.5. The van der Waals surface area contributed by atoms with Gasteiger partial charge in [-0.05, 0) is 79.3 Å². The third kappa shape index (κ3) is 9.93. The number of nitrogen functional groups attached to an aromatic ring is 1. The molecule has 5 rings (SSSR count). The number of likely N-dealkylation sites (tertiary alicyclic amines) is 1. The average molecular weight is 630 g/mol. The first-order chi connectivity index (χ1) is 21.4. The highest BCUT2D eigenvalue weighted by atomic mass is 19.4. The Kier molecular flexibility index (Phi) is 11.0. The van der Waals surface area contributed by atoms with Crippen molar-refractivity contribution in [1.29, 1.82) is 0 Å². The number of carbonyl (C=O) groups excluding carboxylic acids is 2. The number of alkyl halides is 3. The van der Waals surface area contributed by atoms with Crippen molar-refractivity contribution in [3.63, 3.8) is 0 Å². The van der Waals surface area contributed by atoms with Gasteiger partial charge in [-0.15, -0.1) is 0 Å². The lowest BCUT2D eigenvalue weighted by Crippen LogP contribution is -2.45. The maximum absolute atomic E-state index is 13.1. The molecule has 0 bridgehead atoms. The van der Waals surface area contributed by atoms with Gasteiger partial charge < -0.3 is 31.7 Å². The molecule has 2 unspecified atom stereocenters. The molecular formula is C32H35F4N5O4. The number of anilines is 2. The van der Waals surface area contributed by atoms with E-state index in [2.05, 4.69) is 16.0 Å². The van der Waals surface area contributed by atoms with Gasteiger partial charge in [0.25, 0.3) is 5.91 Å². The van der Waals surface area contributed by atoms with Crippen LogP contribution >= 0.6 is 0 Å². The molecule has 2 aliphatic rings. The van der Waals surface area contributed by atoms with Crippen molar-refractivity contribution in [3.8, 4) is 0 Å². The van der Waals surface area contributed by atoms with Gasteiger partial charge in [-0.1, -0.05) is 36.4 Å². The molecule has 0 radical (unpaired) electrons. The number of nitrogens with one attached hydrogen (secondary N) is 3. The highest BCUT2D eigenvalue weighted by Gasteiger charge is 2.39. The molecule has 1 heterocycles. The van der Waals surface area contributed by atoms with Crippen molar-refractivity contribution in [2.24, 2.45) is 5.92 Å². The number of hydrogen-bond acceptors (Lipinski definition) is 5. The van der Waals surface area contributed by atoms with Gasteiger partial charge in [0, 0.05) is 37.2 Å². The van der Waals surface area contributed by atoms with Gasteiger partial charge in [0.15, 0.2) is 0 Å². The van der Waals surface area contributed by atoms with Crippen LogP contribution in [0.1, 0.15) is 46.7 Å². The summed E-state index contributed by atoms with van der Waals surface area (Å²) >= 11 is 0. The van der Waals surface area contributed by atoms with Crippen LogP contribution in [0.5, 0.6) is 0 Å². The van der Waals surface area contributed by atoms with Gasteiger partial charge in [0.1, 0.15) is 5.82 Å². The highest BCUT2D eigenvalue weighted by molar-refractivity contribution is 6.05. The van der Waals surface area contributed by atoms with Gasteiger partial charge in [0.05, 0.1) is 11.4 Å². The van der Waals surface area contributed by atoms with Crippen molar-refractivity contribution in [3.05, 3.63) is 95.3 Å². The number of para-hydroxylation sites is 2. The van der Waals surface area contributed by atoms with E-state index >= 15 is 0 Å². The Morgan fingerprint density at radius 1 is 0.933 bits per heavy atom. The standard InChI is InChI=1S/C30H34FN5O2.C2HF3O2/c31-24-11-9-22(10-12-24)25-17-28(25)33-18-21-13-15-36(16-14-21)30(38)34-19-20-5-7-23(8-6-20)29(37)35-27-4-2-1-3-26(27)32;3-2(4,5)1(6)7/h1-12,21,25,28,33H,13-19,32H2,(H,34,38)(H,35,37);(H,6,7). The molecule has 1 saturated carbocycles. The van der Waals surface area contributed by atoms with Crippen molar-refractivity contribution in [2.75, 3.05) is 30.7 Å². The maximum atomic E-state index is 13.1. The number of carbonyl (C=O) groups is 3. The lowest BCUT2D eigenvalue weighted by molar-refractivity contribution is -0.192. The summed E-state index contributed by atoms with van der Waals surface area (Å²) < 4.78 is 44.9. The number of halogens is 4. The number of benzene rings is 3. The highest BCUT2D eigenvalue weighted by Crippen LogP contribution is 2.41. The Bertz CT molecular complexity index is 1460. The third-order valence-electron chi connectivity index (χ3n) is 7.77. The van der Waals surface area contributed by atoms with Crippen LogP contribution in [0.3, 0.4) is 0 Å². The minimum atomic E-state index is -5.08. The van der Waals surface area contributed by atoms with Crippen molar-refractivity contribution >= 4 is 29.3 Å². The number of piperidine rings is 1. The summed E-state index contributed by atoms with van der Waals surface area (Å²) in [5.41, 5.74) is 9.63. The topological polar surface area (TPSA) is 137 Å². The summed E-state index contributed by atoms with van der Waals surface area (Å²) in [6.45, 7) is 2.84. The lowest BCUT2D eigenvalue weighted by Gasteiger charge is -2.32. The van der Waals surface area contributed by atoms with Crippen LogP contribution in [0.4, 0.5) is 33.7 Å². The minimum Gasteiger partial charge on any atom is -0.475 e. The van der Waals surface area contributed by atoms with Crippen molar-refractivity contribution < 1.29 is 37.1 Å². The number of nitrogens with zero attached hydrogens (tertiary/aromatic N) is 1. The number of nitrogens with two attached hydrogens (primary N) is 1. The van der Waals surface area contributed by atoms with E-state index in [-0.39, 0.29) is 17.8 Å². The summed E-state index contributed by atoms with van der Waals surface area (Å²) in [6, 6.07) is 21.5. The van der Waals surface area contributed by atoms with Crippen LogP contribution in [0.15, 0.2) is 72.8 Å². The molecule has 0 spiro atoms. The molecule has 2 fully saturated rings. The van der Waals surface area contributed by atoms with E-state index in [9.17, 15) is 27.2 Å². The fourth-order valence-corrected chi connectivity index (χ4v) is 5.03. The summed E-state index contributed by atoms with van der Waals surface area (Å²) in [5.74, 6) is -2.15. The second kappa shape index (κ2) is 14.9. The van der Waals surface area contributed by atoms with Gasteiger partial charge in [-0.25, -0.2) is 14.0 Å². The molecule has 0 aromatic heterocycles. The smallest absolute Gasteiger partial charge is 0.475 e. The summed E-state index contributed by atoms with van der Waals surface area (Å²) in [5, 5.41) is 16.6. The van der Waals surface area contributed by atoms with Gasteiger partial charge >= 0.3 is 18.2 Å². The zero-order valence-electron chi connectivity index (χ0n) is 24.3. The zero-order valence-corrected chi connectivity index (χ0v) is 24.3. The molecule has 1 aliphatic heterocycles. The third-order valence-corrected chi connectivity index (χ3v) is 7.77. The summed E-state index contributed by atoms with van der Waals surface area (Å²) in [7, 11) is 0. The SMILES string of the molecule is Nc1ccccc1NC(=O)c1ccc(CNC(=O)N2CCC(CNC3CC3c3ccc(F)cc3)CC2)cc1.O=C(O)C(F)(F)F. The number of carboxylic acid groups (broad SMARTS) is 1. The molecular weight excluding hydrogens is 594 g/mol.